The van der Waals surface area contributed by atoms with Crippen LogP contribution in [0.5, 0.6) is 0 Å². The van der Waals surface area contributed by atoms with Crippen molar-refractivity contribution in [1.82, 2.24) is 9.62 Å². The molecule has 1 N–H and O–H groups in total. The van der Waals surface area contributed by atoms with Gasteiger partial charge in [0.2, 0.25) is 5.88 Å². The zero-order valence-electron chi connectivity index (χ0n) is 23.1. The van der Waals surface area contributed by atoms with Crippen LogP contribution in [0.15, 0.2) is 90.2 Å². The van der Waals surface area contributed by atoms with Crippen LogP contribution in [0.1, 0.15) is 42.9 Å². The standard InChI is InChI=1S/C31H34N2O5S2/c1-6-21(3)29(30(39)38-22(4)33(5)40(35,36)23-17-15-20(2)16-18-23)32-31(34)37-19-28-26-13-9-7-11-24(26)25-12-8-10-14-27(25)28/h7-18,21,28-29H,4,6,19H2,1-3,5H3,(H,32,34)/t21-,29+/m1/s1. The van der Waals surface area contributed by atoms with Gasteiger partial charge in [0.15, 0.2) is 5.05 Å². The van der Waals surface area contributed by atoms with Gasteiger partial charge in [-0.05, 0) is 66.0 Å². The number of rotatable bonds is 10. The molecule has 0 saturated carbocycles. The van der Waals surface area contributed by atoms with Crippen LogP contribution in [0.2, 0.25) is 0 Å². The summed E-state index contributed by atoms with van der Waals surface area (Å²) in [5.41, 5.74) is 5.45. The fraction of sp³-hybridized carbons (Fsp3) is 0.290. The molecule has 3 aromatic rings. The van der Waals surface area contributed by atoms with Gasteiger partial charge in [-0.15, -0.1) is 0 Å². The number of thiocarbonyl (C=S) groups is 1. The lowest BCUT2D eigenvalue weighted by Gasteiger charge is -2.27. The number of ether oxygens (including phenoxy) is 2. The third kappa shape index (κ3) is 6.05. The number of hydrogen-bond donors (Lipinski definition) is 1. The molecule has 3 aromatic carbocycles. The molecule has 0 radical (unpaired) electrons. The van der Waals surface area contributed by atoms with Gasteiger partial charge in [-0.1, -0.05) is 86.5 Å². The molecule has 0 bridgehead atoms. The van der Waals surface area contributed by atoms with Gasteiger partial charge in [0.25, 0.3) is 10.0 Å². The summed E-state index contributed by atoms with van der Waals surface area (Å²) >= 11 is 5.51. The Morgan fingerprint density at radius 1 is 1.02 bits per heavy atom. The number of hydrogen-bond acceptors (Lipinski definition) is 6. The van der Waals surface area contributed by atoms with E-state index in [-0.39, 0.29) is 34.3 Å². The Hall–Kier alpha value is -3.69. The van der Waals surface area contributed by atoms with Crippen LogP contribution in [-0.4, -0.2) is 43.6 Å². The van der Waals surface area contributed by atoms with Crippen molar-refractivity contribution in [3.05, 3.63) is 102 Å². The van der Waals surface area contributed by atoms with Crippen molar-refractivity contribution in [2.75, 3.05) is 13.7 Å². The molecule has 0 fully saturated rings. The van der Waals surface area contributed by atoms with E-state index in [0.717, 1.165) is 32.1 Å². The Balaban J connectivity index is 1.41. The first-order valence-corrected chi connectivity index (χ1v) is 15.0. The zero-order chi connectivity index (χ0) is 29.0. The zero-order valence-corrected chi connectivity index (χ0v) is 24.7. The molecule has 0 unspecified atom stereocenters. The molecule has 1 aliphatic carbocycles. The molecule has 1 amide bonds. The number of carbonyl (C=O) groups is 1. The number of amides is 1. The lowest BCUT2D eigenvalue weighted by atomic mass is 9.98. The maximum atomic E-state index is 13.0. The molecular weight excluding hydrogens is 544 g/mol. The Kier molecular flexibility index (Phi) is 8.95. The van der Waals surface area contributed by atoms with E-state index >= 15 is 0 Å². The van der Waals surface area contributed by atoms with Crippen LogP contribution in [0.4, 0.5) is 4.79 Å². The normalized spacial score (nSPS) is 13.9. The minimum atomic E-state index is -3.90. The van der Waals surface area contributed by atoms with Gasteiger partial charge in [0, 0.05) is 13.0 Å². The van der Waals surface area contributed by atoms with E-state index in [9.17, 15) is 13.2 Å². The second-order valence-electron chi connectivity index (χ2n) is 9.93. The molecule has 40 heavy (non-hydrogen) atoms. The Labute approximate surface area is 241 Å². The molecule has 0 spiro atoms. The van der Waals surface area contributed by atoms with Crippen LogP contribution in [0, 0.1) is 12.8 Å². The fourth-order valence-electron chi connectivity index (χ4n) is 4.68. The van der Waals surface area contributed by atoms with E-state index in [2.05, 4.69) is 36.2 Å². The van der Waals surface area contributed by atoms with Gasteiger partial charge in [0.05, 0.1) is 4.90 Å². The lowest BCUT2D eigenvalue weighted by molar-refractivity contribution is 0.137. The predicted octanol–water partition coefficient (Wildman–Crippen LogP) is 6.38. The summed E-state index contributed by atoms with van der Waals surface area (Å²) < 4.78 is 38.4. The van der Waals surface area contributed by atoms with E-state index in [4.69, 9.17) is 21.7 Å². The molecule has 9 heteroatoms. The van der Waals surface area contributed by atoms with E-state index in [0.29, 0.717) is 6.42 Å². The van der Waals surface area contributed by atoms with E-state index < -0.39 is 22.2 Å². The van der Waals surface area contributed by atoms with Crippen molar-refractivity contribution < 1.29 is 22.7 Å². The molecule has 4 rings (SSSR count). The predicted molar refractivity (Wildman–Crippen MR) is 160 cm³/mol. The van der Waals surface area contributed by atoms with E-state index in [1.807, 2.05) is 45.0 Å². The Morgan fingerprint density at radius 2 is 1.57 bits per heavy atom. The number of nitrogens with zero attached hydrogens (tertiary/aromatic N) is 1. The van der Waals surface area contributed by atoms with E-state index in [1.54, 1.807) is 12.1 Å². The molecule has 0 aromatic heterocycles. The molecule has 210 valence electrons. The minimum Gasteiger partial charge on any atom is -0.449 e. The highest BCUT2D eigenvalue weighted by atomic mass is 32.2. The Morgan fingerprint density at radius 3 is 2.12 bits per heavy atom. The van der Waals surface area contributed by atoms with Gasteiger partial charge in [0.1, 0.15) is 12.6 Å². The van der Waals surface area contributed by atoms with Gasteiger partial charge >= 0.3 is 6.09 Å². The summed E-state index contributed by atoms with van der Waals surface area (Å²) in [5, 5.41) is 2.82. The maximum Gasteiger partial charge on any atom is 0.407 e. The van der Waals surface area contributed by atoms with Crippen LogP contribution in [0.3, 0.4) is 0 Å². The van der Waals surface area contributed by atoms with Crippen LogP contribution >= 0.6 is 12.2 Å². The third-order valence-corrected chi connectivity index (χ3v) is 9.46. The van der Waals surface area contributed by atoms with Gasteiger partial charge in [-0.2, -0.15) is 0 Å². The summed E-state index contributed by atoms with van der Waals surface area (Å²) in [7, 11) is -2.56. The average molecular weight is 579 g/mol. The Bertz CT molecular complexity index is 1470. The van der Waals surface area contributed by atoms with Crippen molar-refractivity contribution >= 4 is 33.4 Å². The van der Waals surface area contributed by atoms with Crippen molar-refractivity contribution in [2.45, 2.75) is 44.0 Å². The molecule has 1 aliphatic rings. The highest BCUT2D eigenvalue weighted by Crippen LogP contribution is 2.44. The van der Waals surface area contributed by atoms with Crippen molar-refractivity contribution in [3.63, 3.8) is 0 Å². The molecule has 0 aliphatic heterocycles. The number of fused-ring (bicyclic) bond motifs is 3. The number of carbonyl (C=O) groups excluding carboxylic acids is 1. The first-order valence-electron chi connectivity index (χ1n) is 13.1. The van der Waals surface area contributed by atoms with Crippen molar-refractivity contribution in [3.8, 4) is 11.1 Å². The summed E-state index contributed by atoms with van der Waals surface area (Å²) in [4.78, 5) is 13.1. The highest BCUT2D eigenvalue weighted by molar-refractivity contribution is 7.89. The van der Waals surface area contributed by atoms with Gasteiger partial charge < -0.3 is 14.8 Å². The van der Waals surface area contributed by atoms with E-state index in [1.165, 1.54) is 19.2 Å². The topological polar surface area (TPSA) is 84.9 Å². The summed E-state index contributed by atoms with van der Waals surface area (Å²) in [5.74, 6) is -0.364. The number of aryl methyl sites for hydroxylation is 1. The van der Waals surface area contributed by atoms with Gasteiger partial charge in [-0.3, -0.25) is 0 Å². The summed E-state index contributed by atoms with van der Waals surface area (Å²) in [6.07, 6.45) is 0.0475. The number of alkyl carbamates (subject to hydrolysis) is 1. The maximum absolute atomic E-state index is 13.0. The average Bonchev–Trinajstić information content (AvgIpc) is 3.27. The number of benzene rings is 3. The molecule has 7 nitrogen and oxygen atoms in total. The molecule has 0 heterocycles. The first-order chi connectivity index (χ1) is 19.0. The summed E-state index contributed by atoms with van der Waals surface area (Å²) in [6, 6.07) is 22.0. The smallest absolute Gasteiger partial charge is 0.407 e. The highest BCUT2D eigenvalue weighted by Gasteiger charge is 2.31. The fourth-order valence-corrected chi connectivity index (χ4v) is 6.17. The summed E-state index contributed by atoms with van der Waals surface area (Å²) in [6.45, 7) is 9.68. The lowest BCUT2D eigenvalue weighted by Crippen LogP contribution is -2.46. The van der Waals surface area contributed by atoms with Gasteiger partial charge in [-0.25, -0.2) is 17.5 Å². The monoisotopic (exact) mass is 578 g/mol. The quantitative estimate of drug-likeness (QED) is 0.222. The third-order valence-electron chi connectivity index (χ3n) is 7.33. The van der Waals surface area contributed by atoms with Crippen LogP contribution < -0.4 is 5.32 Å². The van der Waals surface area contributed by atoms with Crippen molar-refractivity contribution in [2.24, 2.45) is 5.92 Å². The molecule has 0 saturated heterocycles. The number of nitrogens with one attached hydrogen (secondary N) is 1. The minimum absolute atomic E-state index is 0.00110. The molecule has 2 atom stereocenters. The van der Waals surface area contributed by atoms with Crippen molar-refractivity contribution in [1.29, 1.82) is 0 Å². The molecular formula is C31H34N2O5S2. The largest absolute Gasteiger partial charge is 0.449 e. The van der Waals surface area contributed by atoms with Crippen LogP contribution in [0.25, 0.3) is 11.1 Å². The number of sulfonamides is 1. The SMILES string of the molecule is C=C(OC(=S)[C@@H](NC(=O)OCC1c2ccccc2-c2ccccc21)[C@H](C)CC)N(C)S(=O)(=O)c1ccc(C)cc1. The first kappa shape index (κ1) is 29.3. The second-order valence-corrected chi connectivity index (χ2v) is 12.3. The van der Waals surface area contributed by atoms with Crippen LogP contribution in [-0.2, 0) is 19.5 Å². The second kappa shape index (κ2) is 12.2.